The first-order chi connectivity index (χ1) is 13.3. The summed E-state index contributed by atoms with van der Waals surface area (Å²) in [5.41, 5.74) is 2.52. The van der Waals surface area contributed by atoms with Crippen molar-refractivity contribution in [1.82, 2.24) is 0 Å². The van der Waals surface area contributed by atoms with E-state index in [4.69, 9.17) is 9.26 Å². The first-order valence-electron chi connectivity index (χ1n) is 9.86. The Bertz CT molecular complexity index is 879. The third-order valence-electron chi connectivity index (χ3n) is 6.64. The fourth-order valence-electron chi connectivity index (χ4n) is 5.91. The largest absolute Gasteiger partial charge is 1.00 e. The minimum Gasteiger partial charge on any atom is -1.00 e. The molecule has 0 saturated heterocycles. The quantitative estimate of drug-likeness (QED) is 0.422. The van der Waals surface area contributed by atoms with Crippen LogP contribution in [-0.4, -0.2) is 16.9 Å². The van der Waals surface area contributed by atoms with Crippen molar-refractivity contribution in [3.05, 3.63) is 34.9 Å². The summed E-state index contributed by atoms with van der Waals surface area (Å²) in [6, 6.07) is 7.25. The Hall–Kier alpha value is -0.800. The first kappa shape index (κ1) is 22.9. The van der Waals surface area contributed by atoms with Gasteiger partial charge in [0.1, 0.15) is 11.5 Å². The van der Waals surface area contributed by atoms with Crippen LogP contribution in [0, 0.1) is 35.0 Å². The second-order valence-electron chi connectivity index (χ2n) is 8.44. The van der Waals surface area contributed by atoms with Gasteiger partial charge in [0.25, 0.3) is 0 Å². The van der Waals surface area contributed by atoms with Crippen molar-refractivity contribution in [3.8, 4) is 11.8 Å². The van der Waals surface area contributed by atoms with Gasteiger partial charge in [0.2, 0.25) is 0 Å². The molecule has 6 nitrogen and oxygen atoms in total. The number of allylic oxidation sites excluding steroid dienone is 1. The van der Waals surface area contributed by atoms with Gasteiger partial charge in [-0.2, -0.15) is 5.26 Å². The van der Waals surface area contributed by atoms with Crippen molar-refractivity contribution >= 4 is 13.6 Å². The predicted octanol–water partition coefficient (Wildman–Crippen LogP) is 1.72. The topological polar surface area (TPSA) is 99.8 Å². The molecule has 1 aromatic rings. The Morgan fingerprint density at radius 1 is 1.21 bits per heavy atom. The van der Waals surface area contributed by atoms with Crippen LogP contribution in [0.2, 0.25) is 0 Å². The zero-order chi connectivity index (χ0) is 20.1. The van der Waals surface area contributed by atoms with E-state index < -0.39 is 13.7 Å². The number of ether oxygens (including phenoxy) is 1. The van der Waals surface area contributed by atoms with Crippen LogP contribution in [0.3, 0.4) is 0 Å². The van der Waals surface area contributed by atoms with Crippen LogP contribution in [0.25, 0.3) is 5.76 Å². The van der Waals surface area contributed by atoms with E-state index in [0.29, 0.717) is 23.0 Å². The van der Waals surface area contributed by atoms with E-state index in [2.05, 4.69) is 6.07 Å². The van der Waals surface area contributed by atoms with E-state index in [1.54, 1.807) is 20.1 Å². The minimum absolute atomic E-state index is 0. The molecule has 0 amide bonds. The Morgan fingerprint density at radius 2 is 1.79 bits per heavy atom. The molecule has 0 aliphatic heterocycles. The molecule has 8 heteroatoms. The summed E-state index contributed by atoms with van der Waals surface area (Å²) in [4.78, 5) is 18.6. The summed E-state index contributed by atoms with van der Waals surface area (Å²) in [5.74, 6) is 2.84. The average Bonchev–Trinajstić information content (AvgIpc) is 2.62. The van der Waals surface area contributed by atoms with Crippen molar-refractivity contribution in [2.45, 2.75) is 44.9 Å². The van der Waals surface area contributed by atoms with Gasteiger partial charge in [0.15, 0.2) is 0 Å². The van der Waals surface area contributed by atoms with Gasteiger partial charge in [0, 0.05) is 11.1 Å². The van der Waals surface area contributed by atoms with E-state index in [0.717, 1.165) is 17.6 Å². The number of methoxy groups -OCH3 is 1. The molecule has 0 heterocycles. The molecule has 29 heavy (non-hydrogen) atoms. The maximum atomic E-state index is 11.5. The van der Waals surface area contributed by atoms with Crippen LogP contribution < -0.4 is 34.1 Å². The second-order valence-corrected chi connectivity index (χ2v) is 9.61. The van der Waals surface area contributed by atoms with Gasteiger partial charge in [-0.25, -0.2) is 4.57 Å². The number of nitriles is 1. The van der Waals surface area contributed by atoms with E-state index in [9.17, 15) is 19.6 Å². The summed E-state index contributed by atoms with van der Waals surface area (Å²) >= 11 is 0. The molecule has 4 saturated carbocycles. The van der Waals surface area contributed by atoms with E-state index >= 15 is 0 Å². The van der Waals surface area contributed by atoms with Gasteiger partial charge in [-0.15, -0.1) is 0 Å². The monoisotopic (exact) mass is 427 g/mol. The molecule has 5 rings (SSSR count). The third kappa shape index (κ3) is 4.46. The van der Waals surface area contributed by atoms with Crippen LogP contribution in [0.15, 0.2) is 23.8 Å². The standard InChI is InChI=1S/C21H26NO5P.Na.H/c1-12(11-22)19-17(4-3-5-18(19)27-28(23,24)25)21(26-2)20-15-7-13-6-14(9-15)10-16(20)8-13;;/h3-5,12-16H,6-10H2,1-2H3,(H2,23,24,25);;/q;+1;-1. The molecule has 4 aliphatic carbocycles. The van der Waals surface area contributed by atoms with Crippen molar-refractivity contribution in [2.75, 3.05) is 7.11 Å². The average molecular weight is 427 g/mol. The van der Waals surface area contributed by atoms with Crippen molar-refractivity contribution in [1.29, 1.82) is 5.26 Å². The minimum atomic E-state index is -4.74. The van der Waals surface area contributed by atoms with Gasteiger partial charge in [-0.3, -0.25) is 9.79 Å². The van der Waals surface area contributed by atoms with E-state index in [-0.39, 0.29) is 36.7 Å². The SMILES string of the molecule is COC(=C1C2CC3CC(C2)CC1C3)c1cccc(OP(=O)(O)O)c1C(C)C#N.[H-].[Na+]. The predicted molar refractivity (Wildman–Crippen MR) is 105 cm³/mol. The van der Waals surface area contributed by atoms with Crippen molar-refractivity contribution in [2.24, 2.45) is 23.7 Å². The molecule has 1 aromatic carbocycles. The second kappa shape index (κ2) is 8.75. The summed E-state index contributed by atoms with van der Waals surface area (Å²) in [6.07, 6.45) is 6.12. The molecular formula is C21H27NNaO5P. The van der Waals surface area contributed by atoms with Gasteiger partial charge < -0.3 is 10.7 Å². The Morgan fingerprint density at radius 3 is 2.28 bits per heavy atom. The van der Waals surface area contributed by atoms with Gasteiger partial charge in [0.05, 0.1) is 19.1 Å². The Kier molecular flexibility index (Phi) is 6.90. The molecule has 4 bridgehead atoms. The molecule has 1 atom stereocenters. The number of hydrogen-bond donors (Lipinski definition) is 2. The van der Waals surface area contributed by atoms with Gasteiger partial charge >= 0.3 is 37.4 Å². The van der Waals surface area contributed by atoms with Crippen LogP contribution in [0.4, 0.5) is 0 Å². The van der Waals surface area contributed by atoms with E-state index in [1.165, 1.54) is 43.7 Å². The van der Waals surface area contributed by atoms with Crippen LogP contribution in [-0.2, 0) is 9.30 Å². The maximum Gasteiger partial charge on any atom is 1.00 e. The zero-order valence-corrected chi connectivity index (χ0v) is 20.1. The molecule has 1 unspecified atom stereocenters. The summed E-state index contributed by atoms with van der Waals surface area (Å²) in [6.45, 7) is 1.71. The first-order valence-corrected chi connectivity index (χ1v) is 11.4. The smallest absolute Gasteiger partial charge is 1.00 e. The number of benzene rings is 1. The van der Waals surface area contributed by atoms with Crippen molar-refractivity contribution < 1.29 is 54.6 Å². The van der Waals surface area contributed by atoms with Crippen LogP contribution in [0.1, 0.15) is 57.5 Å². The number of phosphoric acid groups is 1. The molecule has 2 N–H and O–H groups in total. The molecule has 0 radical (unpaired) electrons. The number of nitrogens with zero attached hydrogens (tertiary/aromatic N) is 1. The fourth-order valence-corrected chi connectivity index (χ4v) is 6.32. The summed E-state index contributed by atoms with van der Waals surface area (Å²) in [7, 11) is -3.10. The molecular weight excluding hydrogens is 400 g/mol. The van der Waals surface area contributed by atoms with Crippen molar-refractivity contribution in [3.63, 3.8) is 0 Å². The molecule has 4 fully saturated rings. The normalized spacial score (nSPS) is 28.3. The maximum absolute atomic E-state index is 11.5. The number of hydrogen-bond acceptors (Lipinski definition) is 4. The third-order valence-corrected chi connectivity index (χ3v) is 7.07. The number of rotatable bonds is 5. The van der Waals surface area contributed by atoms with E-state index in [1.807, 2.05) is 6.07 Å². The summed E-state index contributed by atoms with van der Waals surface area (Å²) < 4.78 is 22.3. The molecule has 152 valence electrons. The van der Waals surface area contributed by atoms with Crippen LogP contribution in [0.5, 0.6) is 5.75 Å². The molecule has 0 spiro atoms. The van der Waals surface area contributed by atoms with Crippen LogP contribution >= 0.6 is 7.82 Å². The molecule has 4 aliphatic rings. The van der Waals surface area contributed by atoms with Gasteiger partial charge in [-0.1, -0.05) is 12.1 Å². The Labute approximate surface area is 195 Å². The summed E-state index contributed by atoms with van der Waals surface area (Å²) in [5, 5.41) is 9.55. The fraction of sp³-hybridized carbons (Fsp3) is 0.571. The zero-order valence-electron chi connectivity index (χ0n) is 18.2. The number of phosphoric ester groups is 1. The van der Waals surface area contributed by atoms with Gasteiger partial charge in [-0.05, 0) is 74.3 Å². The Balaban J connectivity index is 0.00000160. The molecule has 0 aromatic heterocycles.